The molecule has 1 aliphatic heterocycles. The largest absolute Gasteiger partial charge is 0.486 e. The number of nitriles is 1. The number of rotatable bonds is 4. The summed E-state index contributed by atoms with van der Waals surface area (Å²) in [5, 5.41) is 8.74. The molecule has 5 nitrogen and oxygen atoms in total. The van der Waals surface area contributed by atoms with E-state index in [9.17, 15) is 4.79 Å². The highest BCUT2D eigenvalue weighted by atomic mass is 16.6. The zero-order chi connectivity index (χ0) is 16.8. The second-order valence-electron chi connectivity index (χ2n) is 5.15. The monoisotopic (exact) mass is 321 g/mol. The van der Waals surface area contributed by atoms with Crippen molar-refractivity contribution in [1.82, 2.24) is 0 Å². The van der Waals surface area contributed by atoms with Crippen molar-refractivity contribution in [1.29, 1.82) is 5.26 Å². The van der Waals surface area contributed by atoms with Crippen molar-refractivity contribution >= 4 is 12.0 Å². The molecule has 0 unspecified atom stereocenters. The summed E-state index contributed by atoms with van der Waals surface area (Å²) in [5.74, 6) is 0.949. The van der Waals surface area contributed by atoms with Crippen LogP contribution in [0.5, 0.6) is 11.5 Å². The Kier molecular flexibility index (Phi) is 4.78. The van der Waals surface area contributed by atoms with E-state index >= 15 is 0 Å². The summed E-state index contributed by atoms with van der Waals surface area (Å²) >= 11 is 0. The zero-order valence-electron chi connectivity index (χ0n) is 12.9. The Morgan fingerprint density at radius 1 is 1.12 bits per heavy atom. The molecule has 0 atom stereocenters. The topological polar surface area (TPSA) is 68.5 Å². The Balaban J connectivity index is 1.56. The number of hydrogen-bond acceptors (Lipinski definition) is 5. The van der Waals surface area contributed by atoms with Crippen molar-refractivity contribution < 1.29 is 19.0 Å². The SMILES string of the molecule is N#Cc1ccc(COC(=O)/C=C/c2ccc3c(c2)OCCO3)cc1. The average molecular weight is 321 g/mol. The van der Waals surface area contributed by atoms with Crippen molar-refractivity contribution in [2.75, 3.05) is 13.2 Å². The van der Waals surface area contributed by atoms with Gasteiger partial charge in [-0.1, -0.05) is 18.2 Å². The van der Waals surface area contributed by atoms with E-state index in [2.05, 4.69) is 0 Å². The summed E-state index contributed by atoms with van der Waals surface area (Å²) in [6.07, 6.45) is 3.04. The molecule has 0 spiro atoms. The van der Waals surface area contributed by atoms with E-state index in [-0.39, 0.29) is 6.61 Å². The number of carbonyl (C=O) groups excluding carboxylic acids is 1. The molecule has 0 bridgehead atoms. The summed E-state index contributed by atoms with van der Waals surface area (Å²) in [6, 6.07) is 14.4. The van der Waals surface area contributed by atoms with E-state index in [0.717, 1.165) is 11.1 Å². The number of fused-ring (bicyclic) bond motifs is 1. The van der Waals surface area contributed by atoms with Crippen LogP contribution in [0.15, 0.2) is 48.5 Å². The van der Waals surface area contributed by atoms with Gasteiger partial charge in [-0.2, -0.15) is 5.26 Å². The van der Waals surface area contributed by atoms with Crippen LogP contribution >= 0.6 is 0 Å². The minimum Gasteiger partial charge on any atom is -0.486 e. The van der Waals surface area contributed by atoms with Gasteiger partial charge in [0.05, 0.1) is 11.6 Å². The van der Waals surface area contributed by atoms with Crippen molar-refractivity contribution in [2.24, 2.45) is 0 Å². The summed E-state index contributed by atoms with van der Waals surface area (Å²) in [6.45, 7) is 1.23. The molecule has 2 aromatic rings. The Morgan fingerprint density at radius 2 is 1.88 bits per heavy atom. The maximum absolute atomic E-state index is 11.8. The normalized spacial score (nSPS) is 12.6. The van der Waals surface area contributed by atoms with Gasteiger partial charge in [-0.05, 0) is 41.5 Å². The maximum atomic E-state index is 11.8. The second-order valence-corrected chi connectivity index (χ2v) is 5.15. The summed E-state index contributed by atoms with van der Waals surface area (Å²) in [4.78, 5) is 11.8. The lowest BCUT2D eigenvalue weighted by molar-refractivity contribution is -0.138. The minimum absolute atomic E-state index is 0.163. The number of carbonyl (C=O) groups is 1. The zero-order valence-corrected chi connectivity index (χ0v) is 12.9. The summed E-state index contributed by atoms with van der Waals surface area (Å²) in [5.41, 5.74) is 2.23. The predicted octanol–water partition coefficient (Wildman–Crippen LogP) is 3.09. The molecule has 0 saturated carbocycles. The van der Waals surface area contributed by atoms with Crippen LogP contribution in [0.2, 0.25) is 0 Å². The molecule has 0 aromatic heterocycles. The van der Waals surface area contributed by atoms with Crippen LogP contribution in [-0.4, -0.2) is 19.2 Å². The fraction of sp³-hybridized carbons (Fsp3) is 0.158. The first-order chi connectivity index (χ1) is 11.7. The quantitative estimate of drug-likeness (QED) is 0.639. The van der Waals surface area contributed by atoms with Crippen LogP contribution < -0.4 is 9.47 Å². The number of hydrogen-bond donors (Lipinski definition) is 0. The van der Waals surface area contributed by atoms with Gasteiger partial charge in [-0.25, -0.2) is 4.79 Å². The number of benzene rings is 2. The number of ether oxygens (including phenoxy) is 3. The van der Waals surface area contributed by atoms with Gasteiger partial charge >= 0.3 is 5.97 Å². The Hall–Kier alpha value is -3.26. The molecule has 1 aliphatic rings. The van der Waals surface area contributed by atoms with Gasteiger partial charge in [0.1, 0.15) is 19.8 Å². The molecule has 0 aliphatic carbocycles. The van der Waals surface area contributed by atoms with E-state index in [1.807, 2.05) is 24.3 Å². The molecule has 0 saturated heterocycles. The maximum Gasteiger partial charge on any atom is 0.331 e. The lowest BCUT2D eigenvalue weighted by atomic mass is 10.1. The van der Waals surface area contributed by atoms with Crippen molar-refractivity contribution in [3.63, 3.8) is 0 Å². The van der Waals surface area contributed by atoms with E-state index < -0.39 is 5.97 Å². The van der Waals surface area contributed by atoms with Gasteiger partial charge in [0.25, 0.3) is 0 Å². The molecule has 0 radical (unpaired) electrons. The molecule has 120 valence electrons. The van der Waals surface area contributed by atoms with Crippen LogP contribution in [-0.2, 0) is 16.1 Å². The third-order valence-corrected chi connectivity index (χ3v) is 3.44. The lowest BCUT2D eigenvalue weighted by Gasteiger charge is -2.18. The molecular formula is C19H15NO4. The van der Waals surface area contributed by atoms with Crippen molar-refractivity contribution in [3.8, 4) is 17.6 Å². The van der Waals surface area contributed by atoms with Gasteiger partial charge in [-0.15, -0.1) is 0 Å². The summed E-state index contributed by atoms with van der Waals surface area (Å²) < 4.78 is 16.1. The van der Waals surface area contributed by atoms with Gasteiger partial charge < -0.3 is 14.2 Å². The van der Waals surface area contributed by atoms with Gasteiger partial charge in [-0.3, -0.25) is 0 Å². The second kappa shape index (κ2) is 7.34. The first kappa shape index (κ1) is 15.6. The first-order valence-corrected chi connectivity index (χ1v) is 7.48. The molecule has 5 heteroatoms. The third kappa shape index (κ3) is 3.93. The molecule has 24 heavy (non-hydrogen) atoms. The van der Waals surface area contributed by atoms with E-state index in [1.165, 1.54) is 6.08 Å². The molecule has 0 amide bonds. The van der Waals surface area contributed by atoms with Gasteiger partial charge in [0.2, 0.25) is 0 Å². The van der Waals surface area contributed by atoms with E-state index in [4.69, 9.17) is 19.5 Å². The van der Waals surface area contributed by atoms with Crippen LogP contribution in [0.25, 0.3) is 6.08 Å². The highest BCUT2D eigenvalue weighted by molar-refractivity contribution is 5.87. The third-order valence-electron chi connectivity index (χ3n) is 3.44. The van der Waals surface area contributed by atoms with Crippen molar-refractivity contribution in [3.05, 3.63) is 65.2 Å². The van der Waals surface area contributed by atoms with Crippen molar-refractivity contribution in [2.45, 2.75) is 6.61 Å². The Labute approximate surface area is 139 Å². The standard InChI is InChI=1S/C19H15NO4/c20-12-15-1-3-16(4-2-15)13-24-19(21)8-6-14-5-7-17-18(11-14)23-10-9-22-17/h1-8,11H,9-10,13H2/b8-6+. The van der Waals surface area contributed by atoms with E-state index in [1.54, 1.807) is 30.3 Å². The average Bonchev–Trinajstić information content (AvgIpc) is 2.65. The molecule has 3 rings (SSSR count). The van der Waals surface area contributed by atoms with Crippen LogP contribution in [0.4, 0.5) is 0 Å². The highest BCUT2D eigenvalue weighted by Gasteiger charge is 2.10. The number of nitrogens with zero attached hydrogens (tertiary/aromatic N) is 1. The molecule has 1 heterocycles. The first-order valence-electron chi connectivity index (χ1n) is 7.48. The fourth-order valence-electron chi connectivity index (χ4n) is 2.21. The Bertz CT molecular complexity index is 803. The molecular weight excluding hydrogens is 306 g/mol. The van der Waals surface area contributed by atoms with Crippen LogP contribution in [0.3, 0.4) is 0 Å². The fourth-order valence-corrected chi connectivity index (χ4v) is 2.21. The van der Waals surface area contributed by atoms with Crippen LogP contribution in [0, 0.1) is 11.3 Å². The van der Waals surface area contributed by atoms with E-state index in [0.29, 0.717) is 30.3 Å². The van der Waals surface area contributed by atoms with Gasteiger partial charge in [0.15, 0.2) is 11.5 Å². The molecule has 0 fully saturated rings. The smallest absolute Gasteiger partial charge is 0.331 e. The van der Waals surface area contributed by atoms with Gasteiger partial charge in [0, 0.05) is 6.08 Å². The number of esters is 1. The predicted molar refractivity (Wildman–Crippen MR) is 87.4 cm³/mol. The summed E-state index contributed by atoms with van der Waals surface area (Å²) in [7, 11) is 0. The highest BCUT2D eigenvalue weighted by Crippen LogP contribution is 2.31. The minimum atomic E-state index is -0.436. The molecule has 2 aromatic carbocycles. The Morgan fingerprint density at radius 3 is 2.62 bits per heavy atom. The van der Waals surface area contributed by atoms with Crippen LogP contribution in [0.1, 0.15) is 16.7 Å². The molecule has 0 N–H and O–H groups in total. The lowest BCUT2D eigenvalue weighted by Crippen LogP contribution is -2.15.